The lowest BCUT2D eigenvalue weighted by Gasteiger charge is -2.15. The fourth-order valence-corrected chi connectivity index (χ4v) is 2.17. The molecule has 6 heteroatoms. The van der Waals surface area contributed by atoms with Crippen molar-refractivity contribution in [3.8, 4) is 11.5 Å². The van der Waals surface area contributed by atoms with E-state index in [0.717, 1.165) is 11.3 Å². The third kappa shape index (κ3) is 7.23. The van der Waals surface area contributed by atoms with Gasteiger partial charge in [0.05, 0.1) is 6.54 Å². The summed E-state index contributed by atoms with van der Waals surface area (Å²) >= 11 is 0. The highest BCUT2D eigenvalue weighted by Crippen LogP contribution is 2.13. The molecule has 2 aromatic carbocycles. The van der Waals surface area contributed by atoms with Crippen molar-refractivity contribution in [3.05, 3.63) is 65.7 Å². The van der Waals surface area contributed by atoms with Gasteiger partial charge < -0.3 is 20.1 Å². The van der Waals surface area contributed by atoms with Crippen LogP contribution in [-0.4, -0.2) is 43.5 Å². The topological polar surface area (TPSA) is 81.9 Å². The smallest absolute Gasteiger partial charge is 0.255 e. The van der Waals surface area contributed by atoms with Crippen molar-refractivity contribution in [2.24, 2.45) is 5.73 Å². The highest BCUT2D eigenvalue weighted by atomic mass is 16.5. The van der Waals surface area contributed by atoms with E-state index < -0.39 is 5.91 Å². The van der Waals surface area contributed by atoms with Crippen LogP contribution in [0.25, 0.3) is 6.08 Å². The van der Waals surface area contributed by atoms with Crippen LogP contribution in [0.15, 0.2) is 54.6 Å². The van der Waals surface area contributed by atoms with Crippen LogP contribution in [0.1, 0.15) is 11.1 Å². The fraction of sp³-hybridized carbons (Fsp3) is 0.238. The first kappa shape index (κ1) is 20.0. The van der Waals surface area contributed by atoms with Gasteiger partial charge in [-0.3, -0.25) is 9.59 Å². The summed E-state index contributed by atoms with van der Waals surface area (Å²) in [5.74, 6) is 0.689. The second-order valence-corrected chi connectivity index (χ2v) is 6.08. The Hall–Kier alpha value is -3.28. The van der Waals surface area contributed by atoms with Crippen LogP contribution in [-0.2, 0) is 9.59 Å². The third-order valence-corrected chi connectivity index (χ3v) is 3.77. The van der Waals surface area contributed by atoms with Gasteiger partial charge in [-0.1, -0.05) is 29.8 Å². The van der Waals surface area contributed by atoms with Crippen molar-refractivity contribution in [2.75, 3.05) is 26.8 Å². The van der Waals surface area contributed by atoms with Crippen LogP contribution in [0.2, 0.25) is 0 Å². The minimum atomic E-state index is -0.529. The molecule has 0 spiro atoms. The molecule has 2 rings (SSSR count). The first-order valence-electron chi connectivity index (χ1n) is 8.58. The van der Waals surface area contributed by atoms with E-state index in [2.05, 4.69) is 0 Å². The first-order chi connectivity index (χ1) is 12.9. The van der Waals surface area contributed by atoms with Crippen molar-refractivity contribution in [2.45, 2.75) is 6.92 Å². The number of rotatable bonds is 9. The van der Waals surface area contributed by atoms with Gasteiger partial charge in [-0.2, -0.15) is 0 Å². The van der Waals surface area contributed by atoms with Crippen LogP contribution < -0.4 is 15.2 Å². The second-order valence-electron chi connectivity index (χ2n) is 6.08. The van der Waals surface area contributed by atoms with Crippen LogP contribution in [0.5, 0.6) is 11.5 Å². The maximum atomic E-state index is 12.2. The molecule has 2 N–H and O–H groups in total. The zero-order valence-corrected chi connectivity index (χ0v) is 15.6. The number of hydrogen-bond acceptors (Lipinski definition) is 4. The molecule has 0 atom stereocenters. The van der Waals surface area contributed by atoms with Gasteiger partial charge in [0.25, 0.3) is 5.91 Å². The molecule has 0 unspecified atom stereocenters. The van der Waals surface area contributed by atoms with Crippen molar-refractivity contribution in [1.82, 2.24) is 4.90 Å². The summed E-state index contributed by atoms with van der Waals surface area (Å²) in [5, 5.41) is 0. The number of benzene rings is 2. The summed E-state index contributed by atoms with van der Waals surface area (Å²) in [7, 11) is 1.73. The second kappa shape index (κ2) is 10.0. The lowest BCUT2D eigenvalue weighted by atomic mass is 10.2. The van der Waals surface area contributed by atoms with E-state index in [9.17, 15) is 9.59 Å². The average Bonchev–Trinajstić information content (AvgIpc) is 2.66. The quantitative estimate of drug-likeness (QED) is 0.689. The van der Waals surface area contributed by atoms with Crippen molar-refractivity contribution in [1.29, 1.82) is 0 Å². The highest BCUT2D eigenvalue weighted by Gasteiger charge is 2.05. The summed E-state index contributed by atoms with van der Waals surface area (Å²) in [6.45, 7) is 2.76. The van der Waals surface area contributed by atoms with Crippen LogP contribution in [0.3, 0.4) is 0 Å². The van der Waals surface area contributed by atoms with Crippen molar-refractivity contribution in [3.63, 3.8) is 0 Å². The molecule has 0 aliphatic rings. The molecule has 27 heavy (non-hydrogen) atoms. The molecule has 2 amide bonds. The highest BCUT2D eigenvalue weighted by molar-refractivity contribution is 5.91. The molecule has 0 aliphatic carbocycles. The SMILES string of the molecule is Cc1ccc(OCCN(C)C(=O)/C=C/c2ccc(OCC(N)=O)cc2)cc1. The Balaban J connectivity index is 1.77. The number of amides is 2. The van der Waals surface area contributed by atoms with Gasteiger partial charge >= 0.3 is 0 Å². The summed E-state index contributed by atoms with van der Waals surface area (Å²) in [5.41, 5.74) is 7.05. The number of primary amides is 1. The molecule has 2 aromatic rings. The molecule has 0 saturated heterocycles. The number of likely N-dealkylation sites (N-methyl/N-ethyl adjacent to an activating group) is 1. The zero-order chi connectivity index (χ0) is 19.6. The lowest BCUT2D eigenvalue weighted by molar-refractivity contribution is -0.125. The molecule has 0 aromatic heterocycles. The molecule has 0 aliphatic heterocycles. The molecule has 0 radical (unpaired) electrons. The minimum absolute atomic E-state index is 0.114. The van der Waals surface area contributed by atoms with E-state index in [1.165, 1.54) is 11.6 Å². The maximum absolute atomic E-state index is 12.2. The van der Waals surface area contributed by atoms with Crippen molar-refractivity contribution < 1.29 is 19.1 Å². The molecular formula is C21H24N2O4. The number of ether oxygens (including phenoxy) is 2. The van der Waals surface area contributed by atoms with E-state index in [1.807, 2.05) is 31.2 Å². The number of nitrogens with two attached hydrogens (primary N) is 1. The summed E-state index contributed by atoms with van der Waals surface area (Å²) in [6.07, 6.45) is 3.22. The Morgan fingerprint density at radius 1 is 1.00 bits per heavy atom. The largest absolute Gasteiger partial charge is 0.492 e. The van der Waals surface area contributed by atoms with E-state index in [-0.39, 0.29) is 12.5 Å². The summed E-state index contributed by atoms with van der Waals surface area (Å²) in [4.78, 5) is 24.4. The molecule has 6 nitrogen and oxygen atoms in total. The van der Waals surface area contributed by atoms with Gasteiger partial charge in [0.1, 0.15) is 18.1 Å². The Labute approximate surface area is 159 Å². The minimum Gasteiger partial charge on any atom is -0.492 e. The fourth-order valence-electron chi connectivity index (χ4n) is 2.17. The maximum Gasteiger partial charge on any atom is 0.255 e. The molecule has 0 fully saturated rings. The van der Waals surface area contributed by atoms with Gasteiger partial charge in [0, 0.05) is 13.1 Å². The van der Waals surface area contributed by atoms with Gasteiger partial charge in [-0.25, -0.2) is 0 Å². The predicted octanol–water partition coefficient (Wildman–Crippen LogP) is 2.41. The van der Waals surface area contributed by atoms with Gasteiger partial charge in [0.15, 0.2) is 6.61 Å². The van der Waals surface area contributed by atoms with Crippen LogP contribution >= 0.6 is 0 Å². The number of aryl methyl sites for hydroxylation is 1. The average molecular weight is 368 g/mol. The third-order valence-electron chi connectivity index (χ3n) is 3.77. The van der Waals surface area contributed by atoms with Crippen LogP contribution in [0.4, 0.5) is 0 Å². The molecular weight excluding hydrogens is 344 g/mol. The summed E-state index contributed by atoms with van der Waals surface area (Å²) in [6, 6.07) is 14.8. The van der Waals surface area contributed by atoms with E-state index in [4.69, 9.17) is 15.2 Å². The number of carbonyl (C=O) groups excluding carboxylic acids is 2. The normalized spacial score (nSPS) is 10.6. The van der Waals surface area contributed by atoms with Crippen molar-refractivity contribution >= 4 is 17.9 Å². The molecule has 142 valence electrons. The lowest BCUT2D eigenvalue weighted by Crippen LogP contribution is -2.29. The Morgan fingerprint density at radius 3 is 2.22 bits per heavy atom. The van der Waals surface area contributed by atoms with Gasteiger partial charge in [0.2, 0.25) is 5.91 Å². The zero-order valence-electron chi connectivity index (χ0n) is 15.6. The monoisotopic (exact) mass is 368 g/mol. The predicted molar refractivity (Wildman–Crippen MR) is 104 cm³/mol. The Kier molecular flexibility index (Phi) is 7.43. The molecule has 0 bridgehead atoms. The van der Waals surface area contributed by atoms with Gasteiger partial charge in [-0.05, 0) is 42.8 Å². The van der Waals surface area contributed by atoms with E-state index in [1.54, 1.807) is 42.3 Å². The van der Waals surface area contributed by atoms with E-state index in [0.29, 0.717) is 18.9 Å². The number of hydrogen-bond donors (Lipinski definition) is 1. The van der Waals surface area contributed by atoms with Crippen LogP contribution in [0, 0.1) is 6.92 Å². The molecule has 0 saturated carbocycles. The van der Waals surface area contributed by atoms with E-state index >= 15 is 0 Å². The Bertz CT molecular complexity index is 783. The standard InChI is InChI=1S/C21H24N2O4/c1-16-3-8-18(9-4-16)26-14-13-23(2)21(25)12-7-17-5-10-19(11-6-17)27-15-20(22)24/h3-12H,13-15H2,1-2H3,(H2,22,24)/b12-7+. The Morgan fingerprint density at radius 2 is 1.59 bits per heavy atom. The number of nitrogens with zero attached hydrogens (tertiary/aromatic N) is 1. The number of carbonyl (C=O) groups is 2. The summed E-state index contributed by atoms with van der Waals surface area (Å²) < 4.78 is 10.8. The van der Waals surface area contributed by atoms with Gasteiger partial charge in [-0.15, -0.1) is 0 Å². The first-order valence-corrected chi connectivity index (χ1v) is 8.58. The molecule has 0 heterocycles.